The van der Waals surface area contributed by atoms with Crippen LogP contribution in [-0.2, 0) is 11.3 Å². The minimum Gasteiger partial charge on any atom is -0.398 e. The van der Waals surface area contributed by atoms with Crippen LogP contribution < -0.4 is 5.73 Å². The molecular formula is C13H18ClN5O. The lowest BCUT2D eigenvalue weighted by Gasteiger charge is -2.06. The Hall–Kier alpha value is -1.66. The fourth-order valence-electron chi connectivity index (χ4n) is 1.74. The van der Waals surface area contributed by atoms with Crippen LogP contribution in [0.1, 0.15) is 19.8 Å². The SMILES string of the molecule is CCCCOCCn1nnnc1-c1ccc(Cl)c(N)c1. The van der Waals surface area contributed by atoms with Gasteiger partial charge in [0.2, 0.25) is 0 Å². The fourth-order valence-corrected chi connectivity index (χ4v) is 1.86. The van der Waals surface area contributed by atoms with E-state index in [1.807, 2.05) is 6.07 Å². The Bertz CT molecular complexity index is 557. The molecule has 0 amide bonds. The van der Waals surface area contributed by atoms with Crippen molar-refractivity contribution < 1.29 is 4.74 Å². The van der Waals surface area contributed by atoms with Crippen molar-refractivity contribution in [1.82, 2.24) is 20.2 Å². The third kappa shape index (κ3) is 3.68. The zero-order chi connectivity index (χ0) is 14.4. The molecule has 0 aliphatic rings. The summed E-state index contributed by atoms with van der Waals surface area (Å²) in [6, 6.07) is 5.35. The van der Waals surface area contributed by atoms with Crippen molar-refractivity contribution in [3.63, 3.8) is 0 Å². The zero-order valence-corrected chi connectivity index (χ0v) is 12.2. The Morgan fingerprint density at radius 1 is 1.35 bits per heavy atom. The van der Waals surface area contributed by atoms with Crippen molar-refractivity contribution in [3.8, 4) is 11.4 Å². The number of hydrogen-bond acceptors (Lipinski definition) is 5. The molecule has 2 N–H and O–H groups in total. The predicted molar refractivity (Wildman–Crippen MR) is 78.4 cm³/mol. The molecule has 0 aliphatic heterocycles. The highest BCUT2D eigenvalue weighted by Gasteiger charge is 2.10. The first-order valence-corrected chi connectivity index (χ1v) is 6.99. The van der Waals surface area contributed by atoms with E-state index in [1.54, 1.807) is 16.8 Å². The van der Waals surface area contributed by atoms with E-state index in [0.717, 1.165) is 25.0 Å². The van der Waals surface area contributed by atoms with Gasteiger partial charge in [-0.15, -0.1) is 5.10 Å². The van der Waals surface area contributed by atoms with Crippen LogP contribution in [0.4, 0.5) is 5.69 Å². The maximum Gasteiger partial charge on any atom is 0.182 e. The Balaban J connectivity index is 2.02. The largest absolute Gasteiger partial charge is 0.398 e. The molecule has 20 heavy (non-hydrogen) atoms. The van der Waals surface area contributed by atoms with E-state index >= 15 is 0 Å². The van der Waals surface area contributed by atoms with Gasteiger partial charge in [0.05, 0.1) is 23.9 Å². The summed E-state index contributed by atoms with van der Waals surface area (Å²) in [4.78, 5) is 0. The number of hydrogen-bond donors (Lipinski definition) is 1. The summed E-state index contributed by atoms with van der Waals surface area (Å²) in [5.74, 6) is 0.660. The molecule has 0 unspecified atom stereocenters. The molecule has 6 nitrogen and oxygen atoms in total. The molecule has 2 rings (SSSR count). The standard InChI is InChI=1S/C13H18ClN5O/c1-2-3-7-20-8-6-19-13(16-17-18-19)10-4-5-11(14)12(15)9-10/h4-5,9H,2-3,6-8,15H2,1H3. The van der Waals surface area contributed by atoms with Crippen LogP contribution in [0.2, 0.25) is 5.02 Å². The number of nitrogens with zero attached hydrogens (tertiary/aromatic N) is 4. The molecule has 108 valence electrons. The number of benzene rings is 1. The van der Waals surface area contributed by atoms with Gasteiger partial charge in [0, 0.05) is 12.2 Å². The second-order valence-electron chi connectivity index (χ2n) is 4.43. The molecule has 0 radical (unpaired) electrons. The smallest absolute Gasteiger partial charge is 0.182 e. The summed E-state index contributed by atoms with van der Waals surface area (Å²) >= 11 is 5.91. The Morgan fingerprint density at radius 2 is 2.20 bits per heavy atom. The van der Waals surface area contributed by atoms with Crippen LogP contribution >= 0.6 is 11.6 Å². The second-order valence-corrected chi connectivity index (χ2v) is 4.84. The number of halogens is 1. The van der Waals surface area contributed by atoms with Gasteiger partial charge >= 0.3 is 0 Å². The van der Waals surface area contributed by atoms with E-state index in [1.165, 1.54) is 0 Å². The number of rotatable bonds is 7. The van der Waals surface area contributed by atoms with Gasteiger partial charge in [0.15, 0.2) is 5.82 Å². The number of tetrazole rings is 1. The van der Waals surface area contributed by atoms with Gasteiger partial charge in [0.1, 0.15) is 0 Å². The molecule has 0 saturated heterocycles. The molecule has 0 saturated carbocycles. The van der Waals surface area contributed by atoms with E-state index in [0.29, 0.717) is 29.7 Å². The first-order chi connectivity index (χ1) is 9.72. The summed E-state index contributed by atoms with van der Waals surface area (Å²) in [6.07, 6.45) is 2.19. The predicted octanol–water partition coefficient (Wildman–Crippen LogP) is 2.39. The van der Waals surface area contributed by atoms with Crippen LogP contribution in [0, 0.1) is 0 Å². The van der Waals surface area contributed by atoms with Crippen molar-refractivity contribution in [1.29, 1.82) is 0 Å². The van der Waals surface area contributed by atoms with Gasteiger partial charge < -0.3 is 10.5 Å². The van der Waals surface area contributed by atoms with Gasteiger partial charge in [-0.3, -0.25) is 0 Å². The van der Waals surface area contributed by atoms with Crippen LogP contribution in [0.3, 0.4) is 0 Å². The van der Waals surface area contributed by atoms with Crippen molar-refractivity contribution in [2.75, 3.05) is 18.9 Å². The number of nitrogen functional groups attached to an aromatic ring is 1. The van der Waals surface area contributed by atoms with Crippen molar-refractivity contribution >= 4 is 17.3 Å². The number of anilines is 1. The maximum atomic E-state index is 5.91. The molecule has 0 fully saturated rings. The lowest BCUT2D eigenvalue weighted by atomic mass is 10.2. The van der Waals surface area contributed by atoms with E-state index in [4.69, 9.17) is 22.1 Å². The summed E-state index contributed by atoms with van der Waals surface area (Å²) in [6.45, 7) is 4.09. The van der Waals surface area contributed by atoms with Gasteiger partial charge in [-0.2, -0.15) is 0 Å². The third-order valence-corrected chi connectivity index (χ3v) is 3.22. The normalized spacial score (nSPS) is 10.9. The van der Waals surface area contributed by atoms with E-state index in [-0.39, 0.29) is 0 Å². The lowest BCUT2D eigenvalue weighted by Crippen LogP contribution is -2.10. The third-order valence-electron chi connectivity index (χ3n) is 2.88. The number of unbranched alkanes of at least 4 members (excludes halogenated alkanes) is 1. The summed E-state index contributed by atoms with van der Waals surface area (Å²) in [7, 11) is 0. The monoisotopic (exact) mass is 295 g/mol. The van der Waals surface area contributed by atoms with E-state index in [9.17, 15) is 0 Å². The minimum absolute atomic E-state index is 0.512. The summed E-state index contributed by atoms with van der Waals surface area (Å²) in [5.41, 5.74) is 7.15. The molecule has 1 aromatic heterocycles. The molecule has 0 aliphatic carbocycles. The van der Waals surface area contributed by atoms with Crippen LogP contribution in [0.5, 0.6) is 0 Å². The first kappa shape index (κ1) is 14.7. The number of nitrogens with two attached hydrogens (primary N) is 1. The highest BCUT2D eigenvalue weighted by molar-refractivity contribution is 6.33. The average molecular weight is 296 g/mol. The van der Waals surface area contributed by atoms with Crippen molar-refractivity contribution in [3.05, 3.63) is 23.2 Å². The summed E-state index contributed by atoms with van der Waals surface area (Å²) in [5, 5.41) is 12.2. The maximum absolute atomic E-state index is 5.91. The Morgan fingerprint density at radius 3 is 2.95 bits per heavy atom. The molecule has 1 heterocycles. The molecule has 0 spiro atoms. The molecule has 0 atom stereocenters. The van der Waals surface area contributed by atoms with Crippen LogP contribution in [-0.4, -0.2) is 33.4 Å². The van der Waals surface area contributed by atoms with Gasteiger partial charge in [-0.25, -0.2) is 4.68 Å². The minimum atomic E-state index is 0.512. The zero-order valence-electron chi connectivity index (χ0n) is 11.4. The quantitative estimate of drug-likeness (QED) is 0.627. The lowest BCUT2D eigenvalue weighted by molar-refractivity contribution is 0.121. The molecule has 7 heteroatoms. The Kier molecular flexibility index (Phi) is 5.31. The first-order valence-electron chi connectivity index (χ1n) is 6.61. The van der Waals surface area contributed by atoms with Gasteiger partial charge in [-0.1, -0.05) is 24.9 Å². The topological polar surface area (TPSA) is 78.8 Å². The second kappa shape index (κ2) is 7.21. The summed E-state index contributed by atoms with van der Waals surface area (Å²) < 4.78 is 7.22. The van der Waals surface area contributed by atoms with E-state index < -0.39 is 0 Å². The molecule has 2 aromatic rings. The Labute approximate surface area is 122 Å². The highest BCUT2D eigenvalue weighted by atomic mass is 35.5. The molecular weight excluding hydrogens is 278 g/mol. The fraction of sp³-hybridized carbons (Fsp3) is 0.462. The molecule has 0 bridgehead atoms. The number of ether oxygens (including phenoxy) is 1. The number of aromatic nitrogens is 4. The van der Waals surface area contributed by atoms with Crippen LogP contribution in [0.25, 0.3) is 11.4 Å². The van der Waals surface area contributed by atoms with Crippen molar-refractivity contribution in [2.45, 2.75) is 26.3 Å². The average Bonchev–Trinajstić information content (AvgIpc) is 2.90. The van der Waals surface area contributed by atoms with Crippen LogP contribution in [0.15, 0.2) is 18.2 Å². The van der Waals surface area contributed by atoms with E-state index in [2.05, 4.69) is 22.4 Å². The highest BCUT2D eigenvalue weighted by Crippen LogP contribution is 2.24. The van der Waals surface area contributed by atoms with Gasteiger partial charge in [-0.05, 0) is 35.0 Å². The van der Waals surface area contributed by atoms with Crippen molar-refractivity contribution in [2.24, 2.45) is 0 Å². The molecule has 1 aromatic carbocycles. The van der Waals surface area contributed by atoms with Gasteiger partial charge in [0.25, 0.3) is 0 Å².